The Kier molecular flexibility index (Phi) is 3.23. The molecule has 0 saturated carbocycles. The summed E-state index contributed by atoms with van der Waals surface area (Å²) in [4.78, 5) is 0. The predicted molar refractivity (Wildman–Crippen MR) is 77.3 cm³/mol. The molecule has 3 rings (SSSR count). The highest BCUT2D eigenvalue weighted by Gasteiger charge is 2.12. The Balaban J connectivity index is 2.26. The summed E-state index contributed by atoms with van der Waals surface area (Å²) in [5.74, 6) is 0. The van der Waals surface area contributed by atoms with Gasteiger partial charge in [0, 0.05) is 21.2 Å². The monoisotopic (exact) mass is 289 g/mol. The third kappa shape index (κ3) is 2.35. The van der Waals surface area contributed by atoms with E-state index < -0.39 is 0 Å². The molecule has 0 amide bonds. The number of halogens is 2. The van der Waals surface area contributed by atoms with Crippen molar-refractivity contribution in [1.82, 2.24) is 15.4 Å². The second-order valence-corrected chi connectivity index (χ2v) is 4.87. The molecule has 0 atom stereocenters. The summed E-state index contributed by atoms with van der Waals surface area (Å²) in [5, 5.41) is 11.9. The SMILES string of the molecule is Clc1ccc(-c2cn[nH]n2)c(-c2ccccc2Cl)c1. The van der Waals surface area contributed by atoms with E-state index in [1.807, 2.05) is 42.5 Å². The van der Waals surface area contributed by atoms with Crippen LogP contribution >= 0.6 is 23.2 Å². The molecule has 0 spiro atoms. The van der Waals surface area contributed by atoms with Crippen LogP contribution in [0.5, 0.6) is 0 Å². The van der Waals surface area contributed by atoms with Crippen LogP contribution in [0.3, 0.4) is 0 Å². The number of aromatic amines is 1. The fourth-order valence-corrected chi connectivity index (χ4v) is 2.38. The van der Waals surface area contributed by atoms with Crippen LogP contribution in [0.25, 0.3) is 22.4 Å². The van der Waals surface area contributed by atoms with Crippen molar-refractivity contribution < 1.29 is 0 Å². The fourth-order valence-electron chi connectivity index (χ4n) is 1.97. The number of nitrogens with zero attached hydrogens (tertiary/aromatic N) is 2. The average Bonchev–Trinajstić information content (AvgIpc) is 2.93. The minimum absolute atomic E-state index is 0.655. The lowest BCUT2D eigenvalue weighted by Gasteiger charge is -2.09. The summed E-state index contributed by atoms with van der Waals surface area (Å²) < 4.78 is 0. The fraction of sp³-hybridized carbons (Fsp3) is 0. The number of H-pyrrole nitrogens is 1. The van der Waals surface area contributed by atoms with Gasteiger partial charge in [0.1, 0.15) is 5.69 Å². The predicted octanol–water partition coefficient (Wildman–Crippen LogP) is 4.45. The number of hydrogen-bond acceptors (Lipinski definition) is 2. The first-order valence-electron chi connectivity index (χ1n) is 5.66. The molecular formula is C14H9Cl2N3. The van der Waals surface area contributed by atoms with Crippen molar-refractivity contribution >= 4 is 23.2 Å². The topological polar surface area (TPSA) is 41.6 Å². The maximum absolute atomic E-state index is 6.26. The van der Waals surface area contributed by atoms with Gasteiger partial charge in [-0.15, -0.1) is 0 Å². The lowest BCUT2D eigenvalue weighted by atomic mass is 9.98. The van der Waals surface area contributed by atoms with E-state index in [-0.39, 0.29) is 0 Å². The van der Waals surface area contributed by atoms with E-state index in [0.29, 0.717) is 10.0 Å². The van der Waals surface area contributed by atoms with Gasteiger partial charge in [0.15, 0.2) is 0 Å². The highest BCUT2D eigenvalue weighted by molar-refractivity contribution is 6.34. The van der Waals surface area contributed by atoms with Crippen molar-refractivity contribution in [2.75, 3.05) is 0 Å². The van der Waals surface area contributed by atoms with E-state index >= 15 is 0 Å². The van der Waals surface area contributed by atoms with Gasteiger partial charge in [0.2, 0.25) is 0 Å². The van der Waals surface area contributed by atoms with Crippen LogP contribution in [0.15, 0.2) is 48.7 Å². The Hall–Kier alpha value is -1.84. The highest BCUT2D eigenvalue weighted by atomic mass is 35.5. The molecule has 19 heavy (non-hydrogen) atoms. The minimum atomic E-state index is 0.655. The zero-order chi connectivity index (χ0) is 13.2. The highest BCUT2D eigenvalue weighted by Crippen LogP contribution is 2.36. The van der Waals surface area contributed by atoms with Crippen LogP contribution in [0.1, 0.15) is 0 Å². The van der Waals surface area contributed by atoms with Gasteiger partial charge in [-0.1, -0.05) is 47.5 Å². The first-order valence-corrected chi connectivity index (χ1v) is 6.42. The van der Waals surface area contributed by atoms with Gasteiger partial charge < -0.3 is 0 Å². The minimum Gasteiger partial charge on any atom is -0.197 e. The quantitative estimate of drug-likeness (QED) is 0.757. The van der Waals surface area contributed by atoms with Gasteiger partial charge in [-0.3, -0.25) is 0 Å². The second kappa shape index (κ2) is 5.03. The van der Waals surface area contributed by atoms with E-state index in [2.05, 4.69) is 15.4 Å². The maximum Gasteiger partial charge on any atom is 0.113 e. The Morgan fingerprint density at radius 2 is 1.74 bits per heavy atom. The summed E-state index contributed by atoms with van der Waals surface area (Å²) in [6.45, 7) is 0. The van der Waals surface area contributed by atoms with E-state index in [0.717, 1.165) is 22.4 Å². The molecule has 0 aliphatic carbocycles. The van der Waals surface area contributed by atoms with Crippen molar-refractivity contribution in [2.45, 2.75) is 0 Å². The number of aromatic nitrogens is 3. The molecule has 0 unspecified atom stereocenters. The van der Waals surface area contributed by atoms with Crippen molar-refractivity contribution in [1.29, 1.82) is 0 Å². The third-order valence-corrected chi connectivity index (χ3v) is 3.40. The van der Waals surface area contributed by atoms with Gasteiger partial charge in [0.05, 0.1) is 6.20 Å². The van der Waals surface area contributed by atoms with Gasteiger partial charge in [-0.2, -0.15) is 15.4 Å². The Bertz CT molecular complexity index is 708. The summed E-state index contributed by atoms with van der Waals surface area (Å²) in [5.41, 5.74) is 3.55. The first-order chi connectivity index (χ1) is 9.25. The number of nitrogens with one attached hydrogen (secondary N) is 1. The summed E-state index contributed by atoms with van der Waals surface area (Å²) >= 11 is 12.4. The van der Waals surface area contributed by atoms with Crippen molar-refractivity contribution in [3.63, 3.8) is 0 Å². The summed E-state index contributed by atoms with van der Waals surface area (Å²) in [6.07, 6.45) is 1.67. The normalized spacial score (nSPS) is 10.6. The zero-order valence-corrected chi connectivity index (χ0v) is 11.3. The molecular weight excluding hydrogens is 281 g/mol. The van der Waals surface area contributed by atoms with Crippen LogP contribution in [0, 0.1) is 0 Å². The second-order valence-electron chi connectivity index (χ2n) is 4.02. The lowest BCUT2D eigenvalue weighted by Crippen LogP contribution is -1.87. The molecule has 0 aliphatic heterocycles. The summed E-state index contributed by atoms with van der Waals surface area (Å²) in [7, 11) is 0. The molecule has 0 saturated heterocycles. The van der Waals surface area contributed by atoms with E-state index in [1.165, 1.54) is 0 Å². The standard InChI is InChI=1S/C14H9Cl2N3/c15-9-5-6-11(14-8-17-19-18-14)12(7-9)10-3-1-2-4-13(10)16/h1-8H,(H,17,18,19). The first kappa shape index (κ1) is 12.2. The molecule has 2 aromatic carbocycles. The van der Waals surface area contributed by atoms with Crippen molar-refractivity contribution in [3.8, 4) is 22.4 Å². The summed E-state index contributed by atoms with van der Waals surface area (Å²) in [6, 6.07) is 13.3. The van der Waals surface area contributed by atoms with Crippen molar-refractivity contribution in [2.24, 2.45) is 0 Å². The number of benzene rings is 2. The van der Waals surface area contributed by atoms with Crippen LogP contribution in [0.4, 0.5) is 0 Å². The molecule has 1 heterocycles. The third-order valence-electron chi connectivity index (χ3n) is 2.84. The van der Waals surface area contributed by atoms with E-state index in [1.54, 1.807) is 6.20 Å². The Labute approximate surface area is 120 Å². The molecule has 5 heteroatoms. The van der Waals surface area contributed by atoms with Gasteiger partial charge in [0.25, 0.3) is 0 Å². The van der Waals surface area contributed by atoms with Gasteiger partial charge in [-0.05, 0) is 23.8 Å². The van der Waals surface area contributed by atoms with Crippen LogP contribution < -0.4 is 0 Å². The lowest BCUT2D eigenvalue weighted by molar-refractivity contribution is 0.942. The molecule has 3 nitrogen and oxygen atoms in total. The molecule has 1 aromatic heterocycles. The molecule has 0 fully saturated rings. The van der Waals surface area contributed by atoms with Crippen LogP contribution in [-0.2, 0) is 0 Å². The number of rotatable bonds is 2. The number of hydrogen-bond donors (Lipinski definition) is 1. The maximum atomic E-state index is 6.26. The van der Waals surface area contributed by atoms with Crippen LogP contribution in [-0.4, -0.2) is 15.4 Å². The molecule has 0 aliphatic rings. The molecule has 3 aromatic rings. The Morgan fingerprint density at radius 1 is 0.895 bits per heavy atom. The molecule has 0 radical (unpaired) electrons. The van der Waals surface area contributed by atoms with Crippen molar-refractivity contribution in [3.05, 3.63) is 58.7 Å². The molecule has 1 N–H and O–H groups in total. The van der Waals surface area contributed by atoms with Gasteiger partial charge >= 0.3 is 0 Å². The zero-order valence-electron chi connectivity index (χ0n) is 9.77. The Morgan fingerprint density at radius 3 is 2.47 bits per heavy atom. The van der Waals surface area contributed by atoms with Crippen LogP contribution in [0.2, 0.25) is 10.0 Å². The van der Waals surface area contributed by atoms with E-state index in [9.17, 15) is 0 Å². The molecule has 94 valence electrons. The van der Waals surface area contributed by atoms with E-state index in [4.69, 9.17) is 23.2 Å². The average molecular weight is 290 g/mol. The van der Waals surface area contributed by atoms with Gasteiger partial charge in [-0.25, -0.2) is 0 Å². The molecule has 0 bridgehead atoms. The smallest absolute Gasteiger partial charge is 0.113 e. The largest absolute Gasteiger partial charge is 0.197 e.